The molecule has 0 bridgehead atoms. The lowest BCUT2D eigenvalue weighted by Crippen LogP contribution is -2.29. The maximum atomic E-state index is 12.2. The molecule has 122 valence electrons. The van der Waals surface area contributed by atoms with E-state index in [0.29, 0.717) is 13.1 Å². The predicted molar refractivity (Wildman–Crippen MR) is 96.2 cm³/mol. The Kier molecular flexibility index (Phi) is 6.50. The summed E-state index contributed by atoms with van der Waals surface area (Å²) in [6.45, 7) is 1.05. The summed E-state index contributed by atoms with van der Waals surface area (Å²) in [6.07, 6.45) is 2.00. The van der Waals surface area contributed by atoms with Gasteiger partial charge in [0, 0.05) is 11.4 Å². The minimum absolute atomic E-state index is 0.0116. The first-order valence-electron chi connectivity index (χ1n) is 7.36. The van der Waals surface area contributed by atoms with E-state index >= 15 is 0 Å². The van der Waals surface area contributed by atoms with Crippen LogP contribution in [0.4, 0.5) is 5.69 Å². The highest BCUT2D eigenvalue weighted by Gasteiger charge is 2.09. The Balaban J connectivity index is 1.88. The van der Waals surface area contributed by atoms with Crippen molar-refractivity contribution in [2.45, 2.75) is 11.4 Å². The van der Waals surface area contributed by atoms with Crippen molar-refractivity contribution in [3.8, 4) is 5.75 Å². The van der Waals surface area contributed by atoms with Crippen molar-refractivity contribution in [2.24, 2.45) is 0 Å². The fourth-order valence-electron chi connectivity index (χ4n) is 2.28. The van der Waals surface area contributed by atoms with Crippen LogP contribution in [0.15, 0.2) is 53.4 Å². The van der Waals surface area contributed by atoms with Gasteiger partial charge < -0.3 is 10.1 Å². The summed E-state index contributed by atoms with van der Waals surface area (Å²) in [5.74, 6) is 0.824. The molecule has 1 N–H and O–H groups in total. The standard InChI is InChI=1S/C18H22N2O2S/c1-20(12-14-8-10-15(22-2)11-9-14)13-18(21)19-16-6-4-5-7-17(16)23-3/h4-11H,12-13H2,1-3H3,(H,19,21). The molecule has 0 atom stereocenters. The van der Waals surface area contributed by atoms with Crippen molar-refractivity contribution < 1.29 is 9.53 Å². The van der Waals surface area contributed by atoms with E-state index in [9.17, 15) is 4.79 Å². The fourth-order valence-corrected chi connectivity index (χ4v) is 2.83. The number of thioether (sulfide) groups is 1. The van der Waals surface area contributed by atoms with Crippen molar-refractivity contribution in [3.63, 3.8) is 0 Å². The van der Waals surface area contributed by atoms with E-state index in [4.69, 9.17) is 4.74 Å². The number of likely N-dealkylation sites (N-methyl/N-ethyl adjacent to an activating group) is 1. The maximum absolute atomic E-state index is 12.2. The van der Waals surface area contributed by atoms with E-state index in [1.807, 2.05) is 66.7 Å². The van der Waals surface area contributed by atoms with Gasteiger partial charge in [-0.2, -0.15) is 0 Å². The highest BCUT2D eigenvalue weighted by Crippen LogP contribution is 2.24. The number of ether oxygens (including phenoxy) is 1. The van der Waals surface area contributed by atoms with Gasteiger partial charge in [-0.3, -0.25) is 9.69 Å². The Hall–Kier alpha value is -1.98. The zero-order valence-corrected chi connectivity index (χ0v) is 14.5. The number of para-hydroxylation sites is 1. The van der Waals surface area contributed by atoms with Gasteiger partial charge in [-0.05, 0) is 43.1 Å². The second-order valence-corrected chi connectivity index (χ2v) is 6.12. The zero-order valence-electron chi connectivity index (χ0n) is 13.7. The van der Waals surface area contributed by atoms with Gasteiger partial charge in [0.1, 0.15) is 5.75 Å². The van der Waals surface area contributed by atoms with Gasteiger partial charge in [0.2, 0.25) is 5.91 Å². The van der Waals surface area contributed by atoms with E-state index in [1.165, 1.54) is 0 Å². The summed E-state index contributed by atoms with van der Waals surface area (Å²) in [5, 5.41) is 2.97. The predicted octanol–water partition coefficient (Wildman–Crippen LogP) is 3.49. The third kappa shape index (κ3) is 5.30. The number of anilines is 1. The number of nitrogens with zero attached hydrogens (tertiary/aromatic N) is 1. The smallest absolute Gasteiger partial charge is 0.238 e. The van der Waals surface area contributed by atoms with Gasteiger partial charge in [-0.25, -0.2) is 0 Å². The largest absolute Gasteiger partial charge is 0.497 e. The lowest BCUT2D eigenvalue weighted by atomic mass is 10.2. The molecule has 0 aliphatic carbocycles. The third-order valence-corrected chi connectivity index (χ3v) is 4.20. The number of methoxy groups -OCH3 is 1. The molecular formula is C18H22N2O2S. The van der Waals surface area contributed by atoms with Crippen molar-refractivity contribution in [1.82, 2.24) is 4.90 Å². The summed E-state index contributed by atoms with van der Waals surface area (Å²) in [7, 11) is 3.59. The molecule has 0 radical (unpaired) electrons. The molecule has 23 heavy (non-hydrogen) atoms. The van der Waals surface area contributed by atoms with E-state index in [2.05, 4.69) is 5.32 Å². The maximum Gasteiger partial charge on any atom is 0.238 e. The number of hydrogen-bond acceptors (Lipinski definition) is 4. The van der Waals surface area contributed by atoms with Crippen molar-refractivity contribution in [2.75, 3.05) is 32.3 Å². The van der Waals surface area contributed by atoms with Crippen LogP contribution in [0.25, 0.3) is 0 Å². The Labute approximate surface area is 141 Å². The molecule has 0 unspecified atom stereocenters. The summed E-state index contributed by atoms with van der Waals surface area (Å²) < 4.78 is 5.15. The molecule has 1 amide bonds. The molecule has 0 aliphatic rings. The van der Waals surface area contributed by atoms with Gasteiger partial charge >= 0.3 is 0 Å². The second kappa shape index (κ2) is 8.60. The summed E-state index contributed by atoms with van der Waals surface area (Å²) >= 11 is 1.62. The van der Waals surface area contributed by atoms with Gasteiger partial charge in [0.15, 0.2) is 0 Å². The summed E-state index contributed by atoms with van der Waals surface area (Å²) in [6, 6.07) is 15.7. The topological polar surface area (TPSA) is 41.6 Å². The number of benzene rings is 2. The molecule has 0 aromatic heterocycles. The van der Waals surface area contributed by atoms with Crippen molar-refractivity contribution in [3.05, 3.63) is 54.1 Å². The SMILES string of the molecule is COc1ccc(CN(C)CC(=O)Nc2ccccc2SC)cc1. The van der Waals surface area contributed by atoms with Crippen LogP contribution in [0.5, 0.6) is 5.75 Å². The van der Waals surface area contributed by atoms with Crippen LogP contribution in [0.1, 0.15) is 5.56 Å². The lowest BCUT2D eigenvalue weighted by molar-refractivity contribution is -0.117. The number of amides is 1. The Morgan fingerprint density at radius 3 is 2.52 bits per heavy atom. The first-order chi connectivity index (χ1) is 11.1. The second-order valence-electron chi connectivity index (χ2n) is 5.27. The Bertz CT molecular complexity index is 644. The van der Waals surface area contributed by atoms with E-state index < -0.39 is 0 Å². The zero-order chi connectivity index (χ0) is 16.7. The Morgan fingerprint density at radius 2 is 1.87 bits per heavy atom. The van der Waals surface area contributed by atoms with Crippen LogP contribution in [0, 0.1) is 0 Å². The summed E-state index contributed by atoms with van der Waals surface area (Å²) in [5.41, 5.74) is 2.01. The van der Waals surface area contributed by atoms with E-state index in [0.717, 1.165) is 21.9 Å². The fraction of sp³-hybridized carbons (Fsp3) is 0.278. The minimum atomic E-state index is -0.0116. The van der Waals surface area contributed by atoms with Crippen LogP contribution in [-0.4, -0.2) is 37.8 Å². The molecule has 0 heterocycles. The number of rotatable bonds is 7. The van der Waals surface area contributed by atoms with Crippen LogP contribution in [0.2, 0.25) is 0 Å². The number of hydrogen-bond donors (Lipinski definition) is 1. The van der Waals surface area contributed by atoms with Gasteiger partial charge in [-0.1, -0.05) is 24.3 Å². The third-order valence-electron chi connectivity index (χ3n) is 3.41. The molecule has 0 saturated carbocycles. The van der Waals surface area contributed by atoms with E-state index in [1.54, 1.807) is 18.9 Å². The van der Waals surface area contributed by atoms with Gasteiger partial charge in [0.25, 0.3) is 0 Å². The average molecular weight is 330 g/mol. The number of carbonyl (C=O) groups is 1. The molecular weight excluding hydrogens is 308 g/mol. The average Bonchev–Trinajstić information content (AvgIpc) is 2.55. The molecule has 2 rings (SSSR count). The van der Waals surface area contributed by atoms with Crippen LogP contribution < -0.4 is 10.1 Å². The minimum Gasteiger partial charge on any atom is -0.497 e. The van der Waals surface area contributed by atoms with Crippen molar-refractivity contribution in [1.29, 1.82) is 0 Å². The monoisotopic (exact) mass is 330 g/mol. The highest BCUT2D eigenvalue weighted by molar-refractivity contribution is 7.98. The normalized spacial score (nSPS) is 10.6. The van der Waals surface area contributed by atoms with Gasteiger partial charge in [-0.15, -0.1) is 11.8 Å². The molecule has 0 saturated heterocycles. The molecule has 0 aliphatic heterocycles. The Morgan fingerprint density at radius 1 is 1.17 bits per heavy atom. The lowest BCUT2D eigenvalue weighted by Gasteiger charge is -2.17. The number of nitrogens with one attached hydrogen (secondary N) is 1. The van der Waals surface area contributed by atoms with Crippen LogP contribution in [-0.2, 0) is 11.3 Å². The number of carbonyl (C=O) groups excluding carboxylic acids is 1. The van der Waals surface area contributed by atoms with Crippen molar-refractivity contribution >= 4 is 23.4 Å². The molecule has 5 heteroatoms. The molecule has 4 nitrogen and oxygen atoms in total. The molecule has 0 fully saturated rings. The quantitative estimate of drug-likeness (QED) is 0.789. The van der Waals surface area contributed by atoms with Gasteiger partial charge in [0.05, 0.1) is 19.3 Å². The first kappa shape index (κ1) is 17.4. The molecule has 0 spiro atoms. The molecule has 2 aromatic carbocycles. The summed E-state index contributed by atoms with van der Waals surface area (Å²) in [4.78, 5) is 15.3. The van der Waals surface area contributed by atoms with E-state index in [-0.39, 0.29) is 5.91 Å². The first-order valence-corrected chi connectivity index (χ1v) is 8.59. The van der Waals surface area contributed by atoms with Crippen LogP contribution >= 0.6 is 11.8 Å². The van der Waals surface area contributed by atoms with Crippen LogP contribution in [0.3, 0.4) is 0 Å². The molecule has 2 aromatic rings. The highest BCUT2D eigenvalue weighted by atomic mass is 32.2.